The lowest BCUT2D eigenvalue weighted by Gasteiger charge is -1.80. The van der Waals surface area contributed by atoms with E-state index in [9.17, 15) is 4.79 Å². The number of nitrogens with zero attached hydrogens (tertiary/aromatic N) is 2. The second-order valence-corrected chi connectivity index (χ2v) is 2.58. The van der Waals surface area contributed by atoms with Crippen LogP contribution in [0.15, 0.2) is 18.3 Å². The Kier molecular flexibility index (Phi) is 1.55. The maximum Gasteiger partial charge on any atom is 0.287 e. The molecule has 2 aromatic heterocycles. The van der Waals surface area contributed by atoms with Crippen molar-refractivity contribution in [2.24, 2.45) is 0 Å². The molecule has 0 saturated carbocycles. The maximum atomic E-state index is 10.7. The van der Waals surface area contributed by atoms with E-state index in [0.29, 0.717) is 11.2 Å². The average Bonchev–Trinajstić information content (AvgIpc) is 2.46. The van der Waals surface area contributed by atoms with Crippen LogP contribution in [0.4, 0.5) is 0 Å². The van der Waals surface area contributed by atoms with Crippen molar-refractivity contribution in [2.75, 3.05) is 0 Å². The second kappa shape index (κ2) is 2.57. The second-order valence-electron chi connectivity index (χ2n) is 2.23. The number of fused-ring (bicyclic) bond motifs is 1. The molecule has 0 bridgehead atoms. The number of hydrogen-bond donors (Lipinski definition) is 1. The molecule has 60 valence electrons. The van der Waals surface area contributed by atoms with Crippen molar-refractivity contribution < 1.29 is 4.79 Å². The standard InChI is InChI=1S/C7H4ClN3O/c8-5(12)7-10-4-2-1-3-9-6(4)11-7/h1-3H,(H,9,10,11). The molecule has 0 fully saturated rings. The molecule has 0 atom stereocenters. The van der Waals surface area contributed by atoms with Crippen LogP contribution in [0, 0.1) is 0 Å². The summed E-state index contributed by atoms with van der Waals surface area (Å²) in [6.07, 6.45) is 1.60. The van der Waals surface area contributed by atoms with E-state index in [1.807, 2.05) is 0 Å². The Labute approximate surface area is 72.6 Å². The normalized spacial score (nSPS) is 10.4. The first kappa shape index (κ1) is 7.24. The minimum Gasteiger partial charge on any atom is -0.333 e. The van der Waals surface area contributed by atoms with Gasteiger partial charge in [0.15, 0.2) is 11.5 Å². The van der Waals surface area contributed by atoms with Gasteiger partial charge in [-0.25, -0.2) is 9.97 Å². The number of H-pyrrole nitrogens is 1. The van der Waals surface area contributed by atoms with Crippen molar-refractivity contribution in [3.8, 4) is 0 Å². The minimum absolute atomic E-state index is 0.130. The van der Waals surface area contributed by atoms with Gasteiger partial charge in [-0.05, 0) is 23.7 Å². The number of aromatic nitrogens is 3. The number of pyridine rings is 1. The smallest absolute Gasteiger partial charge is 0.287 e. The monoisotopic (exact) mass is 181 g/mol. The predicted octanol–water partition coefficient (Wildman–Crippen LogP) is 1.34. The molecule has 0 aromatic carbocycles. The number of imidazole rings is 1. The van der Waals surface area contributed by atoms with Crippen LogP contribution in [-0.4, -0.2) is 20.2 Å². The van der Waals surface area contributed by atoms with Crippen molar-refractivity contribution in [1.82, 2.24) is 15.0 Å². The molecule has 0 spiro atoms. The van der Waals surface area contributed by atoms with E-state index in [1.54, 1.807) is 18.3 Å². The van der Waals surface area contributed by atoms with Crippen molar-refractivity contribution in [1.29, 1.82) is 0 Å². The van der Waals surface area contributed by atoms with Crippen molar-refractivity contribution in [3.63, 3.8) is 0 Å². The molecule has 0 amide bonds. The molecule has 0 aliphatic heterocycles. The fourth-order valence-electron chi connectivity index (χ4n) is 0.938. The van der Waals surface area contributed by atoms with Crippen molar-refractivity contribution in [3.05, 3.63) is 24.2 Å². The zero-order chi connectivity index (χ0) is 8.55. The zero-order valence-corrected chi connectivity index (χ0v) is 6.67. The number of nitrogens with one attached hydrogen (secondary N) is 1. The summed E-state index contributed by atoms with van der Waals surface area (Å²) in [5.74, 6) is 0.130. The number of carbonyl (C=O) groups excluding carboxylic acids is 1. The van der Waals surface area contributed by atoms with Gasteiger partial charge in [0.25, 0.3) is 5.24 Å². The number of halogens is 1. The minimum atomic E-state index is -0.604. The first-order chi connectivity index (χ1) is 5.77. The quantitative estimate of drug-likeness (QED) is 0.676. The fraction of sp³-hybridized carbons (Fsp3) is 0. The van der Waals surface area contributed by atoms with Gasteiger partial charge in [0.2, 0.25) is 0 Å². The van der Waals surface area contributed by atoms with Crippen LogP contribution in [-0.2, 0) is 0 Å². The third-order valence-corrected chi connectivity index (χ3v) is 1.62. The van der Waals surface area contributed by atoms with Crippen LogP contribution >= 0.6 is 11.6 Å². The van der Waals surface area contributed by atoms with Gasteiger partial charge in [0.1, 0.15) is 0 Å². The lowest BCUT2D eigenvalue weighted by Crippen LogP contribution is -1.90. The molecule has 0 aliphatic rings. The van der Waals surface area contributed by atoms with Gasteiger partial charge in [-0.15, -0.1) is 0 Å². The molecule has 2 heterocycles. The molecule has 0 aliphatic carbocycles. The van der Waals surface area contributed by atoms with E-state index in [1.165, 1.54) is 0 Å². The highest BCUT2D eigenvalue weighted by Crippen LogP contribution is 2.08. The van der Waals surface area contributed by atoms with E-state index >= 15 is 0 Å². The van der Waals surface area contributed by atoms with Crippen molar-refractivity contribution in [2.45, 2.75) is 0 Å². The van der Waals surface area contributed by atoms with Gasteiger partial charge in [-0.1, -0.05) is 0 Å². The summed E-state index contributed by atoms with van der Waals surface area (Å²) in [5.41, 5.74) is 1.21. The molecule has 0 saturated heterocycles. The van der Waals surface area contributed by atoms with Crippen LogP contribution < -0.4 is 0 Å². The van der Waals surface area contributed by atoms with E-state index in [-0.39, 0.29) is 5.82 Å². The molecule has 0 unspecified atom stereocenters. The Morgan fingerprint density at radius 2 is 2.42 bits per heavy atom. The van der Waals surface area contributed by atoms with Gasteiger partial charge in [-0.3, -0.25) is 4.79 Å². The molecule has 2 rings (SSSR count). The predicted molar refractivity (Wildman–Crippen MR) is 44.1 cm³/mol. The molecule has 12 heavy (non-hydrogen) atoms. The highest BCUT2D eigenvalue weighted by Gasteiger charge is 2.07. The number of aromatic amines is 1. The molecular weight excluding hydrogens is 178 g/mol. The zero-order valence-electron chi connectivity index (χ0n) is 5.91. The van der Waals surface area contributed by atoms with E-state index in [4.69, 9.17) is 11.6 Å². The summed E-state index contributed by atoms with van der Waals surface area (Å²) in [6.45, 7) is 0. The van der Waals surface area contributed by atoms with E-state index < -0.39 is 5.24 Å². The first-order valence-corrected chi connectivity index (χ1v) is 3.66. The van der Waals surface area contributed by atoms with E-state index in [0.717, 1.165) is 0 Å². The number of rotatable bonds is 1. The van der Waals surface area contributed by atoms with Gasteiger partial charge in [0.05, 0.1) is 5.52 Å². The van der Waals surface area contributed by atoms with Crippen LogP contribution in [0.2, 0.25) is 0 Å². The number of carbonyl (C=O) groups is 1. The molecule has 1 N–H and O–H groups in total. The van der Waals surface area contributed by atoms with Gasteiger partial charge in [0, 0.05) is 6.20 Å². The molecule has 4 nitrogen and oxygen atoms in total. The number of hydrogen-bond acceptors (Lipinski definition) is 3. The molecular formula is C7H4ClN3O. The Morgan fingerprint density at radius 3 is 3.08 bits per heavy atom. The van der Waals surface area contributed by atoms with E-state index in [2.05, 4.69) is 15.0 Å². The van der Waals surface area contributed by atoms with Gasteiger partial charge in [-0.2, -0.15) is 0 Å². The summed E-state index contributed by atoms with van der Waals surface area (Å²) < 4.78 is 0. The highest BCUT2D eigenvalue weighted by molar-refractivity contribution is 6.67. The fourth-order valence-corrected chi connectivity index (χ4v) is 1.03. The largest absolute Gasteiger partial charge is 0.333 e. The van der Waals surface area contributed by atoms with Crippen LogP contribution in [0.1, 0.15) is 10.6 Å². The summed E-state index contributed by atoms with van der Waals surface area (Å²) in [5, 5.41) is -0.604. The summed E-state index contributed by atoms with van der Waals surface area (Å²) in [4.78, 5) is 21.2. The van der Waals surface area contributed by atoms with Crippen molar-refractivity contribution >= 4 is 28.0 Å². The molecule has 2 aromatic rings. The summed E-state index contributed by atoms with van der Waals surface area (Å²) in [7, 11) is 0. The lowest BCUT2D eigenvalue weighted by atomic mass is 10.4. The summed E-state index contributed by atoms with van der Waals surface area (Å²) >= 11 is 5.21. The Bertz CT molecular complexity index is 404. The third kappa shape index (κ3) is 1.06. The Balaban J connectivity index is 2.70. The lowest BCUT2D eigenvalue weighted by molar-refractivity contribution is 0.107. The third-order valence-electron chi connectivity index (χ3n) is 1.44. The van der Waals surface area contributed by atoms with Crippen LogP contribution in [0.25, 0.3) is 11.2 Å². The first-order valence-electron chi connectivity index (χ1n) is 3.28. The topological polar surface area (TPSA) is 58.6 Å². The van der Waals surface area contributed by atoms with Crippen LogP contribution in [0.5, 0.6) is 0 Å². The van der Waals surface area contributed by atoms with Gasteiger partial charge >= 0.3 is 0 Å². The highest BCUT2D eigenvalue weighted by atomic mass is 35.5. The Hall–Kier alpha value is -1.42. The maximum absolute atomic E-state index is 10.7. The summed E-state index contributed by atoms with van der Waals surface area (Å²) in [6, 6.07) is 3.53. The van der Waals surface area contributed by atoms with Gasteiger partial charge < -0.3 is 4.98 Å². The van der Waals surface area contributed by atoms with Crippen LogP contribution in [0.3, 0.4) is 0 Å². The average molecular weight is 182 g/mol. The molecule has 0 radical (unpaired) electrons. The molecule has 5 heteroatoms. The Morgan fingerprint density at radius 1 is 1.58 bits per heavy atom. The SMILES string of the molecule is O=C(Cl)c1nc2ncccc2[nH]1.